The second kappa shape index (κ2) is 4.00. The maximum atomic E-state index is 11.4. The SMILES string of the molecule is Cc1cnc(C(=O)NCc2ccco2)o1. The van der Waals surface area contributed by atoms with E-state index < -0.39 is 0 Å². The van der Waals surface area contributed by atoms with Crippen LogP contribution in [0.2, 0.25) is 0 Å². The summed E-state index contributed by atoms with van der Waals surface area (Å²) in [7, 11) is 0. The number of amides is 1. The molecule has 78 valence electrons. The maximum absolute atomic E-state index is 11.4. The number of carbonyl (C=O) groups excluding carboxylic acids is 1. The Morgan fingerprint density at radius 1 is 1.60 bits per heavy atom. The average molecular weight is 206 g/mol. The fourth-order valence-corrected chi connectivity index (χ4v) is 1.12. The highest BCUT2D eigenvalue weighted by atomic mass is 16.4. The number of carbonyl (C=O) groups is 1. The third kappa shape index (κ3) is 2.25. The fraction of sp³-hybridized carbons (Fsp3) is 0.200. The molecule has 15 heavy (non-hydrogen) atoms. The monoisotopic (exact) mass is 206 g/mol. The van der Waals surface area contributed by atoms with Gasteiger partial charge < -0.3 is 14.2 Å². The summed E-state index contributed by atoms with van der Waals surface area (Å²) < 4.78 is 10.1. The van der Waals surface area contributed by atoms with Crippen LogP contribution in [-0.2, 0) is 6.54 Å². The Labute approximate surface area is 86.1 Å². The Morgan fingerprint density at radius 3 is 3.07 bits per heavy atom. The van der Waals surface area contributed by atoms with Gasteiger partial charge in [-0.15, -0.1) is 0 Å². The van der Waals surface area contributed by atoms with Gasteiger partial charge in [0.2, 0.25) is 0 Å². The normalized spacial score (nSPS) is 10.2. The molecule has 0 bridgehead atoms. The van der Waals surface area contributed by atoms with Gasteiger partial charge in [0.05, 0.1) is 19.0 Å². The number of rotatable bonds is 3. The lowest BCUT2D eigenvalue weighted by Gasteiger charge is -1.98. The van der Waals surface area contributed by atoms with Crippen molar-refractivity contribution < 1.29 is 13.6 Å². The number of nitrogens with zero attached hydrogens (tertiary/aromatic N) is 1. The molecule has 0 unspecified atom stereocenters. The van der Waals surface area contributed by atoms with Crippen LogP contribution < -0.4 is 5.32 Å². The lowest BCUT2D eigenvalue weighted by Crippen LogP contribution is -2.22. The van der Waals surface area contributed by atoms with Gasteiger partial charge in [0.15, 0.2) is 0 Å². The molecule has 0 aliphatic carbocycles. The molecule has 0 saturated heterocycles. The van der Waals surface area contributed by atoms with Gasteiger partial charge in [-0.05, 0) is 19.1 Å². The number of hydrogen-bond donors (Lipinski definition) is 1. The summed E-state index contributed by atoms with van der Waals surface area (Å²) in [6.07, 6.45) is 3.05. The molecule has 1 amide bonds. The molecule has 0 atom stereocenters. The summed E-state index contributed by atoms with van der Waals surface area (Å²) >= 11 is 0. The maximum Gasteiger partial charge on any atom is 0.307 e. The van der Waals surface area contributed by atoms with E-state index in [1.54, 1.807) is 25.3 Å². The van der Waals surface area contributed by atoms with Crippen molar-refractivity contribution in [1.82, 2.24) is 10.3 Å². The second-order valence-electron chi connectivity index (χ2n) is 3.04. The summed E-state index contributed by atoms with van der Waals surface area (Å²) in [6, 6.07) is 3.54. The molecule has 0 aliphatic heterocycles. The number of oxazole rings is 1. The molecule has 0 aliphatic rings. The molecule has 1 N–H and O–H groups in total. The molecule has 2 aromatic rings. The third-order valence-corrected chi connectivity index (χ3v) is 1.82. The summed E-state index contributed by atoms with van der Waals surface area (Å²) in [5.74, 6) is 1.02. The average Bonchev–Trinajstić information content (AvgIpc) is 2.84. The molecule has 0 aromatic carbocycles. The van der Waals surface area contributed by atoms with Crippen LogP contribution in [0.4, 0.5) is 0 Å². The Balaban J connectivity index is 1.93. The fourth-order valence-electron chi connectivity index (χ4n) is 1.12. The lowest BCUT2D eigenvalue weighted by atomic mass is 10.4. The van der Waals surface area contributed by atoms with Crippen LogP contribution >= 0.6 is 0 Å². The first-order valence-electron chi connectivity index (χ1n) is 4.49. The summed E-state index contributed by atoms with van der Waals surface area (Å²) in [5, 5.41) is 2.63. The summed E-state index contributed by atoms with van der Waals surface area (Å²) in [5.41, 5.74) is 0. The van der Waals surface area contributed by atoms with E-state index >= 15 is 0 Å². The van der Waals surface area contributed by atoms with Gasteiger partial charge in [0.25, 0.3) is 5.89 Å². The van der Waals surface area contributed by atoms with E-state index in [-0.39, 0.29) is 11.8 Å². The van der Waals surface area contributed by atoms with E-state index in [1.165, 1.54) is 6.20 Å². The number of aromatic nitrogens is 1. The Bertz CT molecular complexity index is 445. The topological polar surface area (TPSA) is 68.3 Å². The quantitative estimate of drug-likeness (QED) is 0.826. The first kappa shape index (κ1) is 9.51. The zero-order valence-corrected chi connectivity index (χ0v) is 8.19. The third-order valence-electron chi connectivity index (χ3n) is 1.82. The first-order valence-corrected chi connectivity index (χ1v) is 4.49. The van der Waals surface area contributed by atoms with E-state index in [0.717, 1.165) is 0 Å². The number of aryl methyl sites for hydroxylation is 1. The standard InChI is InChI=1S/C10H10N2O3/c1-7-5-12-10(15-7)9(13)11-6-8-3-2-4-14-8/h2-5H,6H2,1H3,(H,11,13). The predicted molar refractivity (Wildman–Crippen MR) is 51.1 cm³/mol. The van der Waals surface area contributed by atoms with Crippen molar-refractivity contribution in [3.8, 4) is 0 Å². The van der Waals surface area contributed by atoms with Gasteiger partial charge in [-0.2, -0.15) is 0 Å². The van der Waals surface area contributed by atoms with Crippen molar-refractivity contribution in [1.29, 1.82) is 0 Å². The van der Waals surface area contributed by atoms with E-state index in [1.807, 2.05) is 0 Å². The van der Waals surface area contributed by atoms with Crippen LogP contribution in [-0.4, -0.2) is 10.9 Å². The van der Waals surface area contributed by atoms with Crippen molar-refractivity contribution in [2.24, 2.45) is 0 Å². The lowest BCUT2D eigenvalue weighted by molar-refractivity contribution is 0.0912. The smallest absolute Gasteiger partial charge is 0.307 e. The highest BCUT2D eigenvalue weighted by Gasteiger charge is 2.11. The molecule has 2 aromatic heterocycles. The minimum Gasteiger partial charge on any atom is -0.467 e. The van der Waals surface area contributed by atoms with Gasteiger partial charge in [-0.1, -0.05) is 0 Å². The number of nitrogens with one attached hydrogen (secondary N) is 1. The van der Waals surface area contributed by atoms with E-state index in [4.69, 9.17) is 8.83 Å². The highest BCUT2D eigenvalue weighted by Crippen LogP contribution is 2.03. The highest BCUT2D eigenvalue weighted by molar-refractivity contribution is 5.89. The molecule has 5 heteroatoms. The largest absolute Gasteiger partial charge is 0.467 e. The van der Waals surface area contributed by atoms with E-state index in [2.05, 4.69) is 10.3 Å². The predicted octanol–water partition coefficient (Wildman–Crippen LogP) is 1.51. The van der Waals surface area contributed by atoms with Crippen LogP contribution in [0.5, 0.6) is 0 Å². The van der Waals surface area contributed by atoms with Crippen LogP contribution in [0.3, 0.4) is 0 Å². The van der Waals surface area contributed by atoms with Gasteiger partial charge in [-0.3, -0.25) is 4.79 Å². The minimum atomic E-state index is -0.348. The van der Waals surface area contributed by atoms with Crippen molar-refractivity contribution in [3.63, 3.8) is 0 Å². The van der Waals surface area contributed by atoms with Crippen LogP contribution in [0, 0.1) is 6.92 Å². The zero-order chi connectivity index (χ0) is 10.7. The minimum absolute atomic E-state index is 0.0686. The molecule has 2 rings (SSSR count). The molecular weight excluding hydrogens is 196 g/mol. The molecule has 0 saturated carbocycles. The molecule has 0 fully saturated rings. The van der Waals surface area contributed by atoms with Gasteiger partial charge in [0.1, 0.15) is 11.5 Å². The number of furan rings is 1. The van der Waals surface area contributed by atoms with Crippen LogP contribution in [0.1, 0.15) is 22.2 Å². The van der Waals surface area contributed by atoms with Crippen LogP contribution in [0.25, 0.3) is 0 Å². The van der Waals surface area contributed by atoms with Crippen molar-refractivity contribution >= 4 is 5.91 Å². The second-order valence-corrected chi connectivity index (χ2v) is 3.04. The van der Waals surface area contributed by atoms with Crippen LogP contribution in [0.15, 0.2) is 33.4 Å². The molecular formula is C10H10N2O3. The van der Waals surface area contributed by atoms with E-state index in [0.29, 0.717) is 18.1 Å². The Morgan fingerprint density at radius 2 is 2.47 bits per heavy atom. The molecule has 0 spiro atoms. The van der Waals surface area contributed by atoms with Gasteiger partial charge in [-0.25, -0.2) is 4.98 Å². The van der Waals surface area contributed by atoms with Crippen molar-refractivity contribution in [2.45, 2.75) is 13.5 Å². The Kier molecular flexibility index (Phi) is 2.53. The Hall–Kier alpha value is -2.04. The van der Waals surface area contributed by atoms with Crippen molar-refractivity contribution in [3.05, 3.63) is 42.0 Å². The molecule has 2 heterocycles. The zero-order valence-electron chi connectivity index (χ0n) is 8.19. The molecule has 0 radical (unpaired) electrons. The first-order chi connectivity index (χ1) is 7.25. The number of hydrogen-bond acceptors (Lipinski definition) is 4. The summed E-state index contributed by atoms with van der Waals surface area (Å²) in [6.45, 7) is 2.06. The van der Waals surface area contributed by atoms with E-state index in [9.17, 15) is 4.79 Å². The van der Waals surface area contributed by atoms with Gasteiger partial charge >= 0.3 is 5.91 Å². The van der Waals surface area contributed by atoms with Gasteiger partial charge in [0, 0.05) is 0 Å². The molecule has 5 nitrogen and oxygen atoms in total. The van der Waals surface area contributed by atoms with Crippen molar-refractivity contribution in [2.75, 3.05) is 0 Å². The summed E-state index contributed by atoms with van der Waals surface area (Å²) in [4.78, 5) is 15.3.